The number of nitrogens with one attached hydrogen (secondary N) is 1. The quantitative estimate of drug-likeness (QED) is 0.678. The van der Waals surface area contributed by atoms with Gasteiger partial charge in [-0.1, -0.05) is 12.1 Å². The molecule has 0 fully saturated rings. The van der Waals surface area contributed by atoms with E-state index in [0.717, 1.165) is 4.90 Å². The van der Waals surface area contributed by atoms with Crippen LogP contribution < -0.4 is 5.32 Å². The van der Waals surface area contributed by atoms with E-state index in [1.165, 1.54) is 7.11 Å². The standard InChI is InChI=1S/C15H16N2O6/c1-23-11(15(21)22)8-16-12(18)6-7-17-13(19)9-4-2-3-5-10(9)14(17)20/h2-5,11H,6-8H2,1H3,(H,16,18)(H,21,22). The lowest BCUT2D eigenvalue weighted by atomic mass is 10.1. The van der Waals surface area contributed by atoms with E-state index in [1.54, 1.807) is 24.3 Å². The van der Waals surface area contributed by atoms with E-state index < -0.39 is 29.8 Å². The third-order valence-corrected chi connectivity index (χ3v) is 3.49. The zero-order valence-corrected chi connectivity index (χ0v) is 12.4. The largest absolute Gasteiger partial charge is 0.479 e. The van der Waals surface area contributed by atoms with Gasteiger partial charge in [-0.3, -0.25) is 19.3 Å². The number of methoxy groups -OCH3 is 1. The first kappa shape index (κ1) is 16.6. The molecule has 1 aliphatic heterocycles. The minimum atomic E-state index is -1.19. The van der Waals surface area contributed by atoms with Crippen molar-refractivity contribution in [2.45, 2.75) is 12.5 Å². The smallest absolute Gasteiger partial charge is 0.334 e. The van der Waals surface area contributed by atoms with E-state index in [9.17, 15) is 19.2 Å². The molecule has 1 atom stereocenters. The zero-order chi connectivity index (χ0) is 17.0. The van der Waals surface area contributed by atoms with Crippen LogP contribution in [0.1, 0.15) is 27.1 Å². The molecule has 0 saturated heterocycles. The molecule has 2 N–H and O–H groups in total. The maximum atomic E-state index is 12.1. The van der Waals surface area contributed by atoms with Crippen LogP contribution >= 0.6 is 0 Å². The summed E-state index contributed by atoms with van der Waals surface area (Å²) in [4.78, 5) is 47.7. The van der Waals surface area contributed by atoms with Crippen LogP contribution in [0.2, 0.25) is 0 Å². The zero-order valence-electron chi connectivity index (χ0n) is 12.4. The van der Waals surface area contributed by atoms with E-state index >= 15 is 0 Å². The van der Waals surface area contributed by atoms with E-state index in [-0.39, 0.29) is 19.5 Å². The number of imide groups is 1. The van der Waals surface area contributed by atoms with Gasteiger partial charge < -0.3 is 15.2 Å². The number of rotatable bonds is 7. The van der Waals surface area contributed by atoms with Crippen molar-refractivity contribution in [3.05, 3.63) is 35.4 Å². The summed E-state index contributed by atoms with van der Waals surface area (Å²) in [6.45, 7) is -0.254. The minimum absolute atomic E-state index is 0.0666. The van der Waals surface area contributed by atoms with Crippen LogP contribution in [0.25, 0.3) is 0 Å². The Kier molecular flexibility index (Phi) is 5.07. The van der Waals surface area contributed by atoms with Crippen LogP contribution in [0, 0.1) is 0 Å². The van der Waals surface area contributed by atoms with Gasteiger partial charge in [0.2, 0.25) is 5.91 Å². The number of benzene rings is 1. The number of nitrogens with zero attached hydrogens (tertiary/aromatic N) is 1. The average molecular weight is 320 g/mol. The van der Waals surface area contributed by atoms with E-state index in [1.807, 2.05) is 0 Å². The number of carboxylic acids is 1. The summed E-state index contributed by atoms with van der Waals surface area (Å²) >= 11 is 0. The van der Waals surface area contributed by atoms with Crippen molar-refractivity contribution in [3.8, 4) is 0 Å². The molecule has 0 aromatic heterocycles. The molecule has 8 heteroatoms. The highest BCUT2D eigenvalue weighted by Crippen LogP contribution is 2.22. The Morgan fingerprint density at radius 3 is 2.26 bits per heavy atom. The molecule has 1 unspecified atom stereocenters. The van der Waals surface area contributed by atoms with Crippen LogP contribution in [0.3, 0.4) is 0 Å². The number of hydrogen-bond donors (Lipinski definition) is 2. The van der Waals surface area contributed by atoms with Gasteiger partial charge in [0.15, 0.2) is 6.10 Å². The summed E-state index contributed by atoms with van der Waals surface area (Å²) in [7, 11) is 1.23. The Morgan fingerprint density at radius 1 is 1.22 bits per heavy atom. The highest BCUT2D eigenvalue weighted by Gasteiger charge is 2.34. The topological polar surface area (TPSA) is 113 Å². The lowest BCUT2D eigenvalue weighted by Gasteiger charge is -2.15. The number of hydrogen-bond acceptors (Lipinski definition) is 5. The summed E-state index contributed by atoms with van der Waals surface area (Å²) in [5, 5.41) is 11.2. The number of ether oxygens (including phenoxy) is 1. The Hall–Kier alpha value is -2.74. The lowest BCUT2D eigenvalue weighted by Crippen LogP contribution is -2.39. The first-order valence-electron chi connectivity index (χ1n) is 6.93. The Labute approximate surface area is 132 Å². The molecule has 8 nitrogen and oxygen atoms in total. The monoisotopic (exact) mass is 320 g/mol. The second-order valence-corrected chi connectivity index (χ2v) is 4.92. The summed E-state index contributed by atoms with van der Waals surface area (Å²) in [5.74, 6) is -2.52. The second-order valence-electron chi connectivity index (χ2n) is 4.92. The van der Waals surface area contributed by atoms with Gasteiger partial charge in [0, 0.05) is 20.1 Å². The summed E-state index contributed by atoms with van der Waals surface area (Å²) in [6.07, 6.45) is -1.25. The fraction of sp³-hybridized carbons (Fsp3) is 0.333. The maximum absolute atomic E-state index is 12.1. The normalized spacial score (nSPS) is 14.6. The Balaban J connectivity index is 1.87. The molecule has 0 aliphatic carbocycles. The van der Waals surface area contributed by atoms with Crippen molar-refractivity contribution >= 4 is 23.7 Å². The van der Waals surface area contributed by atoms with Crippen molar-refractivity contribution in [2.75, 3.05) is 20.2 Å². The van der Waals surface area contributed by atoms with Gasteiger partial charge in [-0.2, -0.15) is 0 Å². The number of carboxylic acid groups (broad SMARTS) is 1. The molecule has 0 saturated carbocycles. The Bertz CT molecular complexity index is 622. The van der Waals surface area contributed by atoms with Crippen molar-refractivity contribution in [2.24, 2.45) is 0 Å². The average Bonchev–Trinajstić information content (AvgIpc) is 2.77. The molecule has 3 amide bonds. The van der Waals surface area contributed by atoms with Crippen LogP contribution in [0.15, 0.2) is 24.3 Å². The number of amides is 3. The van der Waals surface area contributed by atoms with E-state index in [0.29, 0.717) is 11.1 Å². The van der Waals surface area contributed by atoms with E-state index in [4.69, 9.17) is 5.11 Å². The van der Waals surface area contributed by atoms with Gasteiger partial charge in [0.25, 0.3) is 11.8 Å². The minimum Gasteiger partial charge on any atom is -0.479 e. The first-order valence-corrected chi connectivity index (χ1v) is 6.93. The van der Waals surface area contributed by atoms with Gasteiger partial charge in [0.05, 0.1) is 17.7 Å². The predicted molar refractivity (Wildman–Crippen MR) is 77.9 cm³/mol. The molecule has 1 aromatic carbocycles. The molecule has 0 spiro atoms. The number of fused-ring (bicyclic) bond motifs is 1. The molecule has 2 rings (SSSR count). The highest BCUT2D eigenvalue weighted by molar-refractivity contribution is 6.21. The van der Waals surface area contributed by atoms with Crippen LogP contribution in [-0.2, 0) is 14.3 Å². The molecule has 0 bridgehead atoms. The van der Waals surface area contributed by atoms with Crippen LogP contribution in [0.4, 0.5) is 0 Å². The van der Waals surface area contributed by atoms with Crippen molar-refractivity contribution in [1.29, 1.82) is 0 Å². The van der Waals surface area contributed by atoms with Crippen LogP contribution in [0.5, 0.6) is 0 Å². The van der Waals surface area contributed by atoms with Gasteiger partial charge in [-0.05, 0) is 12.1 Å². The van der Waals surface area contributed by atoms with Gasteiger partial charge in [-0.25, -0.2) is 4.79 Å². The molecule has 23 heavy (non-hydrogen) atoms. The predicted octanol–water partition coefficient (Wildman–Crippen LogP) is -0.111. The van der Waals surface area contributed by atoms with Crippen molar-refractivity contribution in [3.63, 3.8) is 0 Å². The summed E-state index contributed by atoms with van der Waals surface area (Å²) < 4.78 is 4.68. The van der Waals surface area contributed by atoms with Crippen molar-refractivity contribution < 1.29 is 29.0 Å². The van der Waals surface area contributed by atoms with Crippen LogP contribution in [-0.4, -0.2) is 60.0 Å². The first-order chi connectivity index (χ1) is 11.0. The molecular formula is C15H16N2O6. The molecule has 1 heterocycles. The number of carbonyl (C=O) groups is 4. The lowest BCUT2D eigenvalue weighted by molar-refractivity contribution is -0.148. The maximum Gasteiger partial charge on any atom is 0.334 e. The fourth-order valence-corrected chi connectivity index (χ4v) is 2.22. The van der Waals surface area contributed by atoms with Gasteiger partial charge in [-0.15, -0.1) is 0 Å². The third kappa shape index (κ3) is 3.54. The van der Waals surface area contributed by atoms with E-state index in [2.05, 4.69) is 10.1 Å². The van der Waals surface area contributed by atoms with Gasteiger partial charge >= 0.3 is 5.97 Å². The van der Waals surface area contributed by atoms with Crippen molar-refractivity contribution in [1.82, 2.24) is 10.2 Å². The molecule has 1 aromatic rings. The summed E-state index contributed by atoms with van der Waals surface area (Å²) in [6, 6.07) is 6.45. The fourth-order valence-electron chi connectivity index (χ4n) is 2.22. The molecule has 0 radical (unpaired) electrons. The SMILES string of the molecule is COC(CNC(=O)CCN1C(=O)c2ccccc2C1=O)C(=O)O. The molecule has 1 aliphatic rings. The molecular weight excluding hydrogens is 304 g/mol. The second kappa shape index (κ2) is 7.01. The number of carbonyl (C=O) groups excluding carboxylic acids is 3. The summed E-state index contributed by atoms with van der Waals surface area (Å²) in [5.41, 5.74) is 0.645. The highest BCUT2D eigenvalue weighted by atomic mass is 16.5. The van der Waals surface area contributed by atoms with Gasteiger partial charge in [0.1, 0.15) is 0 Å². The number of aliphatic carboxylic acids is 1. The third-order valence-electron chi connectivity index (χ3n) is 3.49. The Morgan fingerprint density at radius 2 is 1.78 bits per heavy atom. The molecule has 122 valence electrons.